The Hall–Kier alpha value is -2.66. The lowest BCUT2D eigenvalue weighted by Gasteiger charge is -2.31. The number of hydrogen-bond acceptors (Lipinski definition) is 2. The van der Waals surface area contributed by atoms with Gasteiger partial charge in [-0.05, 0) is 68.1 Å². The van der Waals surface area contributed by atoms with Gasteiger partial charge in [-0.1, -0.05) is 70.5 Å². The van der Waals surface area contributed by atoms with Crippen LogP contribution >= 0.6 is 15.9 Å². The van der Waals surface area contributed by atoms with E-state index in [0.717, 1.165) is 15.6 Å². The fourth-order valence-corrected chi connectivity index (χ4v) is 4.00. The summed E-state index contributed by atoms with van der Waals surface area (Å²) in [7, 11) is 0. The fraction of sp³-hybridized carbons (Fsp3) is 0.333. The first-order valence-corrected chi connectivity index (χ1v) is 11.8. The van der Waals surface area contributed by atoms with Crippen molar-refractivity contribution < 1.29 is 9.59 Å². The molecule has 2 amide bonds. The van der Waals surface area contributed by atoms with Crippen molar-refractivity contribution in [3.63, 3.8) is 0 Å². The smallest absolute Gasteiger partial charge is 0.242 e. The molecule has 0 aromatic heterocycles. The maximum atomic E-state index is 13.4. The molecular weight excluding hydrogens is 464 g/mol. The zero-order chi connectivity index (χ0) is 23.3. The molecule has 0 saturated carbocycles. The molecule has 0 aliphatic rings. The van der Waals surface area contributed by atoms with Crippen LogP contribution in [0.3, 0.4) is 0 Å². The second-order valence-electron chi connectivity index (χ2n) is 9.20. The first kappa shape index (κ1) is 24.0. The first-order chi connectivity index (χ1) is 15.1. The summed E-state index contributed by atoms with van der Waals surface area (Å²) in [5.74, 6) is -0.175. The number of benzene rings is 3. The molecule has 1 N–H and O–H groups in total. The lowest BCUT2D eigenvalue weighted by molar-refractivity contribution is -0.141. The number of hydrogen-bond donors (Lipinski definition) is 1. The summed E-state index contributed by atoms with van der Waals surface area (Å²) in [6, 6.07) is 21.7. The van der Waals surface area contributed by atoms with Crippen LogP contribution in [0.5, 0.6) is 0 Å². The highest BCUT2D eigenvalue weighted by Gasteiger charge is 2.28. The van der Waals surface area contributed by atoms with E-state index in [1.807, 2.05) is 63.2 Å². The van der Waals surface area contributed by atoms with Crippen molar-refractivity contribution in [3.8, 4) is 0 Å². The van der Waals surface area contributed by atoms with Crippen LogP contribution in [0, 0.1) is 0 Å². The Kier molecular flexibility index (Phi) is 7.73. The quantitative estimate of drug-likeness (QED) is 0.446. The van der Waals surface area contributed by atoms with Gasteiger partial charge in [0.1, 0.15) is 6.04 Å². The van der Waals surface area contributed by atoms with Gasteiger partial charge in [0.25, 0.3) is 0 Å². The van der Waals surface area contributed by atoms with Gasteiger partial charge in [0.15, 0.2) is 0 Å². The zero-order valence-corrected chi connectivity index (χ0v) is 20.8. The fourth-order valence-electron chi connectivity index (χ4n) is 3.74. The summed E-state index contributed by atoms with van der Waals surface area (Å²) in [4.78, 5) is 27.9. The third-order valence-electron chi connectivity index (χ3n) is 5.42. The standard InChI is InChI=1S/C27H31BrN2O2/c1-19(26(32)29-27(2,3)4)30(18-20-12-15-23(28)16-13-20)25(31)17-14-22-10-7-9-21-8-5-6-11-24(21)22/h5-13,15-16,19H,14,17-18H2,1-4H3,(H,29,32)/t19-/m1/s1. The van der Waals surface area contributed by atoms with Gasteiger partial charge in [-0.15, -0.1) is 0 Å². The monoisotopic (exact) mass is 494 g/mol. The number of amides is 2. The minimum absolute atomic E-state index is 0.0302. The van der Waals surface area contributed by atoms with Crippen LogP contribution in [0.25, 0.3) is 10.8 Å². The van der Waals surface area contributed by atoms with Crippen LogP contribution in [0.1, 0.15) is 45.2 Å². The molecule has 0 aliphatic heterocycles. The molecule has 0 aliphatic carbocycles. The molecule has 0 radical (unpaired) electrons. The third kappa shape index (κ3) is 6.42. The Morgan fingerprint density at radius 3 is 2.31 bits per heavy atom. The van der Waals surface area contributed by atoms with Crippen molar-refractivity contribution in [1.29, 1.82) is 0 Å². The van der Waals surface area contributed by atoms with Crippen LogP contribution in [-0.4, -0.2) is 28.3 Å². The van der Waals surface area contributed by atoms with Gasteiger partial charge < -0.3 is 10.2 Å². The van der Waals surface area contributed by atoms with E-state index in [0.29, 0.717) is 19.4 Å². The van der Waals surface area contributed by atoms with Crippen LogP contribution in [0.2, 0.25) is 0 Å². The molecule has 168 valence electrons. The maximum Gasteiger partial charge on any atom is 0.242 e. The van der Waals surface area contributed by atoms with E-state index in [2.05, 4.69) is 45.5 Å². The number of carbonyl (C=O) groups excluding carboxylic acids is 2. The van der Waals surface area contributed by atoms with Gasteiger partial charge in [0.2, 0.25) is 11.8 Å². The minimum atomic E-state index is -0.571. The van der Waals surface area contributed by atoms with Gasteiger partial charge in [-0.25, -0.2) is 0 Å². The van der Waals surface area contributed by atoms with E-state index in [1.165, 1.54) is 10.8 Å². The molecule has 1 atom stereocenters. The van der Waals surface area contributed by atoms with Gasteiger partial charge in [-0.2, -0.15) is 0 Å². The normalized spacial score (nSPS) is 12.4. The summed E-state index contributed by atoms with van der Waals surface area (Å²) in [6.07, 6.45) is 0.975. The molecule has 0 heterocycles. The highest BCUT2D eigenvalue weighted by atomic mass is 79.9. The SMILES string of the molecule is C[C@H](C(=O)NC(C)(C)C)N(Cc1ccc(Br)cc1)C(=O)CCc1cccc2ccccc12. The average molecular weight is 495 g/mol. The number of fused-ring (bicyclic) bond motifs is 1. The summed E-state index contributed by atoms with van der Waals surface area (Å²) in [5, 5.41) is 5.34. The van der Waals surface area contributed by atoms with Crippen LogP contribution in [-0.2, 0) is 22.6 Å². The highest BCUT2D eigenvalue weighted by Crippen LogP contribution is 2.21. The zero-order valence-electron chi connectivity index (χ0n) is 19.2. The van der Waals surface area contributed by atoms with E-state index in [-0.39, 0.29) is 17.4 Å². The average Bonchev–Trinajstić information content (AvgIpc) is 2.75. The molecule has 0 spiro atoms. The first-order valence-electron chi connectivity index (χ1n) is 11.0. The Balaban J connectivity index is 1.80. The largest absolute Gasteiger partial charge is 0.350 e. The summed E-state index contributed by atoms with van der Waals surface area (Å²) >= 11 is 3.45. The number of nitrogens with zero attached hydrogens (tertiary/aromatic N) is 1. The lowest BCUT2D eigenvalue weighted by Crippen LogP contribution is -2.52. The minimum Gasteiger partial charge on any atom is -0.350 e. The van der Waals surface area contributed by atoms with Crippen molar-refractivity contribution in [2.24, 2.45) is 0 Å². The number of halogens is 1. The molecule has 4 nitrogen and oxygen atoms in total. The second kappa shape index (κ2) is 10.3. The predicted molar refractivity (Wildman–Crippen MR) is 134 cm³/mol. The number of carbonyl (C=O) groups is 2. The third-order valence-corrected chi connectivity index (χ3v) is 5.95. The summed E-state index contributed by atoms with van der Waals surface area (Å²) in [6.45, 7) is 8.02. The Labute approximate surface area is 199 Å². The number of aryl methyl sites for hydroxylation is 1. The molecule has 5 heteroatoms. The van der Waals surface area contributed by atoms with E-state index >= 15 is 0 Å². The van der Waals surface area contributed by atoms with Gasteiger partial charge >= 0.3 is 0 Å². The van der Waals surface area contributed by atoms with Crippen LogP contribution in [0.15, 0.2) is 71.2 Å². The van der Waals surface area contributed by atoms with E-state index in [1.54, 1.807) is 11.8 Å². The molecule has 0 bridgehead atoms. The summed E-state index contributed by atoms with van der Waals surface area (Å²) in [5.41, 5.74) is 1.77. The Morgan fingerprint density at radius 1 is 0.969 bits per heavy atom. The highest BCUT2D eigenvalue weighted by molar-refractivity contribution is 9.10. The molecule has 3 aromatic rings. The molecule has 3 rings (SSSR count). The molecule has 0 saturated heterocycles. The number of nitrogens with one attached hydrogen (secondary N) is 1. The van der Waals surface area contributed by atoms with Crippen molar-refractivity contribution in [1.82, 2.24) is 10.2 Å². The second-order valence-corrected chi connectivity index (χ2v) is 10.1. The summed E-state index contributed by atoms with van der Waals surface area (Å²) < 4.78 is 0.980. The van der Waals surface area contributed by atoms with E-state index in [9.17, 15) is 9.59 Å². The van der Waals surface area contributed by atoms with Gasteiger partial charge in [0, 0.05) is 23.0 Å². The van der Waals surface area contributed by atoms with Crippen molar-refractivity contribution >= 4 is 38.5 Å². The van der Waals surface area contributed by atoms with Crippen molar-refractivity contribution in [2.75, 3.05) is 0 Å². The topological polar surface area (TPSA) is 49.4 Å². The van der Waals surface area contributed by atoms with E-state index < -0.39 is 6.04 Å². The molecule has 0 fully saturated rings. The Morgan fingerprint density at radius 2 is 1.62 bits per heavy atom. The lowest BCUT2D eigenvalue weighted by atomic mass is 10.0. The van der Waals surface area contributed by atoms with E-state index in [4.69, 9.17) is 0 Å². The maximum absolute atomic E-state index is 13.4. The Bertz CT molecular complexity index is 1080. The van der Waals surface area contributed by atoms with Crippen LogP contribution < -0.4 is 5.32 Å². The molecule has 32 heavy (non-hydrogen) atoms. The molecular formula is C27H31BrN2O2. The van der Waals surface area contributed by atoms with Crippen LogP contribution in [0.4, 0.5) is 0 Å². The molecule has 0 unspecified atom stereocenters. The van der Waals surface area contributed by atoms with Crippen molar-refractivity contribution in [3.05, 3.63) is 82.3 Å². The predicted octanol–water partition coefficient (Wildman–Crippen LogP) is 5.87. The van der Waals surface area contributed by atoms with Gasteiger partial charge in [-0.3, -0.25) is 9.59 Å². The van der Waals surface area contributed by atoms with Crippen molar-refractivity contribution in [2.45, 2.75) is 58.7 Å². The van der Waals surface area contributed by atoms with Gasteiger partial charge in [0.05, 0.1) is 0 Å². The number of rotatable bonds is 7. The molecule has 3 aromatic carbocycles.